The number of aliphatic carboxylic acids is 1. The first-order valence-electron chi connectivity index (χ1n) is 7.97. The standard InChI is InChI=1S/C17H19N3O4/c1-10(18-15(21)12-7-8-13(9-12)17(22)23)14-19-16(24-20-14)11-5-3-2-4-6-11/h2-6,10,12-13H,7-9H2,1H3,(H,18,21)(H,22,23)/t10?,12-,13+/m1/s1. The van der Waals surface area contributed by atoms with Gasteiger partial charge in [-0.2, -0.15) is 4.98 Å². The second-order valence-corrected chi connectivity index (χ2v) is 6.10. The van der Waals surface area contributed by atoms with Gasteiger partial charge in [0.1, 0.15) is 0 Å². The Morgan fingerprint density at radius 3 is 2.62 bits per heavy atom. The molecular weight excluding hydrogens is 310 g/mol. The summed E-state index contributed by atoms with van der Waals surface area (Å²) >= 11 is 0. The van der Waals surface area contributed by atoms with Gasteiger partial charge in [0, 0.05) is 11.5 Å². The maximum absolute atomic E-state index is 12.3. The largest absolute Gasteiger partial charge is 0.481 e. The van der Waals surface area contributed by atoms with Crippen molar-refractivity contribution in [2.45, 2.75) is 32.2 Å². The Kier molecular flexibility index (Phi) is 4.59. The first-order valence-corrected chi connectivity index (χ1v) is 7.97. The third-order valence-electron chi connectivity index (χ3n) is 4.36. The molecule has 1 aromatic carbocycles. The number of rotatable bonds is 5. The van der Waals surface area contributed by atoms with Crippen molar-refractivity contribution in [2.75, 3.05) is 0 Å². The lowest BCUT2D eigenvalue weighted by molar-refractivity contribution is -0.141. The van der Waals surface area contributed by atoms with Gasteiger partial charge in [0.25, 0.3) is 5.89 Å². The summed E-state index contributed by atoms with van der Waals surface area (Å²) in [5.74, 6) is -0.880. The number of hydrogen-bond donors (Lipinski definition) is 2. The van der Waals surface area contributed by atoms with Crippen LogP contribution in [0.5, 0.6) is 0 Å². The van der Waals surface area contributed by atoms with Gasteiger partial charge in [-0.15, -0.1) is 0 Å². The third-order valence-corrected chi connectivity index (χ3v) is 4.36. The number of hydrogen-bond acceptors (Lipinski definition) is 5. The van der Waals surface area contributed by atoms with Crippen LogP contribution >= 0.6 is 0 Å². The molecule has 7 heteroatoms. The fourth-order valence-electron chi connectivity index (χ4n) is 2.95. The highest BCUT2D eigenvalue weighted by molar-refractivity contribution is 5.81. The van der Waals surface area contributed by atoms with Gasteiger partial charge in [0.05, 0.1) is 12.0 Å². The van der Waals surface area contributed by atoms with E-state index in [1.54, 1.807) is 6.92 Å². The second-order valence-electron chi connectivity index (χ2n) is 6.10. The van der Waals surface area contributed by atoms with E-state index in [-0.39, 0.29) is 11.8 Å². The van der Waals surface area contributed by atoms with E-state index in [2.05, 4.69) is 15.5 Å². The van der Waals surface area contributed by atoms with Gasteiger partial charge in [-0.3, -0.25) is 9.59 Å². The maximum Gasteiger partial charge on any atom is 0.306 e. The predicted molar refractivity (Wildman–Crippen MR) is 84.8 cm³/mol. The van der Waals surface area contributed by atoms with E-state index in [1.165, 1.54) is 0 Å². The van der Waals surface area contributed by atoms with Crippen molar-refractivity contribution in [2.24, 2.45) is 11.8 Å². The highest BCUT2D eigenvalue weighted by Gasteiger charge is 2.34. The Morgan fingerprint density at radius 1 is 1.25 bits per heavy atom. The van der Waals surface area contributed by atoms with Crippen molar-refractivity contribution in [3.63, 3.8) is 0 Å². The molecule has 7 nitrogen and oxygen atoms in total. The first-order chi connectivity index (χ1) is 11.5. The molecule has 126 valence electrons. The average molecular weight is 329 g/mol. The summed E-state index contributed by atoms with van der Waals surface area (Å²) in [6.07, 6.45) is 1.52. The molecular formula is C17H19N3O4. The molecule has 0 spiro atoms. The molecule has 1 fully saturated rings. The molecule has 2 N–H and O–H groups in total. The van der Waals surface area contributed by atoms with Crippen molar-refractivity contribution < 1.29 is 19.2 Å². The molecule has 24 heavy (non-hydrogen) atoms. The number of aromatic nitrogens is 2. The Bertz CT molecular complexity index is 728. The highest BCUT2D eigenvalue weighted by Crippen LogP contribution is 2.31. The smallest absolute Gasteiger partial charge is 0.306 e. The van der Waals surface area contributed by atoms with E-state index in [1.807, 2.05) is 30.3 Å². The average Bonchev–Trinajstić information content (AvgIpc) is 3.25. The number of amides is 1. The van der Waals surface area contributed by atoms with Crippen LogP contribution in [0.4, 0.5) is 0 Å². The molecule has 1 amide bonds. The van der Waals surface area contributed by atoms with Gasteiger partial charge in [0.15, 0.2) is 5.82 Å². The van der Waals surface area contributed by atoms with E-state index in [4.69, 9.17) is 9.63 Å². The highest BCUT2D eigenvalue weighted by atomic mass is 16.5. The Hall–Kier alpha value is -2.70. The van der Waals surface area contributed by atoms with E-state index >= 15 is 0 Å². The van der Waals surface area contributed by atoms with Crippen molar-refractivity contribution in [1.82, 2.24) is 15.5 Å². The molecule has 1 saturated carbocycles. The Labute approximate surface area is 139 Å². The SMILES string of the molecule is CC(NC(=O)[C@@H]1CC[C@H](C(=O)O)C1)c1noc(-c2ccccc2)n1. The molecule has 0 aliphatic heterocycles. The minimum Gasteiger partial charge on any atom is -0.481 e. The molecule has 1 unspecified atom stereocenters. The molecule has 1 aliphatic rings. The van der Waals surface area contributed by atoms with E-state index in [9.17, 15) is 9.59 Å². The fraction of sp³-hybridized carbons (Fsp3) is 0.412. The van der Waals surface area contributed by atoms with Crippen molar-refractivity contribution in [1.29, 1.82) is 0 Å². The summed E-state index contributed by atoms with van der Waals surface area (Å²) in [6.45, 7) is 1.78. The molecule has 0 bridgehead atoms. The molecule has 0 radical (unpaired) electrons. The van der Waals surface area contributed by atoms with Crippen LogP contribution in [0, 0.1) is 11.8 Å². The Balaban J connectivity index is 1.61. The fourth-order valence-corrected chi connectivity index (χ4v) is 2.95. The molecule has 3 atom stereocenters. The Morgan fingerprint density at radius 2 is 1.96 bits per heavy atom. The van der Waals surface area contributed by atoms with Crippen molar-refractivity contribution in [3.05, 3.63) is 36.2 Å². The van der Waals surface area contributed by atoms with Gasteiger partial charge >= 0.3 is 5.97 Å². The number of carbonyl (C=O) groups excluding carboxylic acids is 1. The predicted octanol–water partition coefficient (Wildman–Crippen LogP) is 2.41. The number of carboxylic acid groups (broad SMARTS) is 1. The molecule has 1 aromatic heterocycles. The normalized spacial score (nSPS) is 21.4. The minimum absolute atomic E-state index is 0.155. The van der Waals surface area contributed by atoms with Crippen LogP contribution in [0.25, 0.3) is 11.5 Å². The quantitative estimate of drug-likeness (QED) is 0.872. The zero-order valence-corrected chi connectivity index (χ0v) is 13.3. The monoisotopic (exact) mass is 329 g/mol. The first kappa shape index (κ1) is 16.2. The zero-order chi connectivity index (χ0) is 17.1. The van der Waals surface area contributed by atoms with Crippen LogP contribution in [-0.4, -0.2) is 27.1 Å². The number of carbonyl (C=O) groups is 2. The summed E-state index contributed by atoms with van der Waals surface area (Å²) in [4.78, 5) is 27.6. The van der Waals surface area contributed by atoms with Crippen LogP contribution in [0.1, 0.15) is 38.1 Å². The lowest BCUT2D eigenvalue weighted by Crippen LogP contribution is -2.32. The van der Waals surface area contributed by atoms with Crippen molar-refractivity contribution >= 4 is 11.9 Å². The van der Waals surface area contributed by atoms with Crippen molar-refractivity contribution in [3.8, 4) is 11.5 Å². The summed E-state index contributed by atoms with van der Waals surface area (Å²) < 4.78 is 5.24. The third kappa shape index (κ3) is 3.45. The lowest BCUT2D eigenvalue weighted by Gasteiger charge is -2.14. The number of nitrogens with one attached hydrogen (secondary N) is 1. The summed E-state index contributed by atoms with van der Waals surface area (Å²) in [5.41, 5.74) is 0.815. The maximum atomic E-state index is 12.3. The van der Waals surface area contributed by atoms with Crippen LogP contribution < -0.4 is 5.32 Å². The molecule has 3 rings (SSSR count). The molecule has 1 aliphatic carbocycles. The number of nitrogens with zero attached hydrogens (tertiary/aromatic N) is 2. The van der Waals surface area contributed by atoms with Gasteiger partial charge in [0.2, 0.25) is 5.91 Å². The van der Waals surface area contributed by atoms with Gasteiger partial charge < -0.3 is 14.9 Å². The van der Waals surface area contributed by atoms with Gasteiger partial charge in [-0.25, -0.2) is 0 Å². The summed E-state index contributed by atoms with van der Waals surface area (Å²) in [6, 6.07) is 8.99. The van der Waals surface area contributed by atoms with E-state index in [0.717, 1.165) is 5.56 Å². The molecule has 2 aromatic rings. The van der Waals surface area contributed by atoms with Gasteiger partial charge in [-0.1, -0.05) is 23.4 Å². The van der Waals surface area contributed by atoms with E-state index < -0.39 is 17.9 Å². The zero-order valence-electron chi connectivity index (χ0n) is 13.3. The minimum atomic E-state index is -0.830. The lowest BCUT2D eigenvalue weighted by atomic mass is 10.0. The summed E-state index contributed by atoms with van der Waals surface area (Å²) in [7, 11) is 0. The topological polar surface area (TPSA) is 105 Å². The number of carboxylic acids is 1. The van der Waals surface area contributed by atoms with Gasteiger partial charge in [-0.05, 0) is 38.3 Å². The molecule has 0 saturated heterocycles. The second kappa shape index (κ2) is 6.82. The summed E-state index contributed by atoms with van der Waals surface area (Å²) in [5, 5.41) is 15.8. The van der Waals surface area contributed by atoms with Crippen LogP contribution in [0.15, 0.2) is 34.9 Å². The number of benzene rings is 1. The van der Waals surface area contributed by atoms with E-state index in [0.29, 0.717) is 31.0 Å². The van der Waals surface area contributed by atoms with Crippen LogP contribution in [-0.2, 0) is 9.59 Å². The van der Waals surface area contributed by atoms with Crippen LogP contribution in [0.2, 0.25) is 0 Å². The molecule has 1 heterocycles. The van der Waals surface area contributed by atoms with Crippen LogP contribution in [0.3, 0.4) is 0 Å².